The van der Waals surface area contributed by atoms with E-state index in [4.69, 9.17) is 0 Å². The van der Waals surface area contributed by atoms with Crippen molar-refractivity contribution in [1.82, 2.24) is 0 Å². The van der Waals surface area contributed by atoms with Crippen molar-refractivity contribution in [2.45, 2.75) is 33.6 Å². The molecule has 1 aromatic carbocycles. The van der Waals surface area contributed by atoms with Crippen molar-refractivity contribution in [3.63, 3.8) is 0 Å². The minimum Gasteiger partial charge on any atom is -0.508 e. The second-order valence-corrected chi connectivity index (χ2v) is 6.77. The quantitative estimate of drug-likeness (QED) is 0.636. The summed E-state index contributed by atoms with van der Waals surface area (Å²) in [5, 5.41) is 12.5. The van der Waals surface area contributed by atoms with Crippen LogP contribution in [0.25, 0.3) is 0 Å². The molecule has 0 radical (unpaired) electrons. The normalized spacial score (nSPS) is 32.9. The molecule has 106 valence electrons. The lowest BCUT2D eigenvalue weighted by atomic mass is 9.70. The molecule has 3 rings (SSSR count). The Bertz CT molecular complexity index is 586. The summed E-state index contributed by atoms with van der Waals surface area (Å²) in [6.07, 6.45) is 3.96. The lowest BCUT2D eigenvalue weighted by molar-refractivity contribution is -0.125. The van der Waals surface area contributed by atoms with Gasteiger partial charge >= 0.3 is 0 Å². The van der Waals surface area contributed by atoms with Crippen LogP contribution in [0.2, 0.25) is 0 Å². The number of ketones is 1. The highest BCUT2D eigenvalue weighted by Crippen LogP contribution is 2.65. The first-order valence-electron chi connectivity index (χ1n) is 7.17. The van der Waals surface area contributed by atoms with E-state index in [-0.39, 0.29) is 16.6 Å². The van der Waals surface area contributed by atoms with Gasteiger partial charge in [0.15, 0.2) is 5.78 Å². The van der Waals surface area contributed by atoms with Gasteiger partial charge in [-0.3, -0.25) is 4.79 Å². The molecule has 0 aromatic heterocycles. The highest BCUT2D eigenvalue weighted by molar-refractivity contribution is 6.04. The van der Waals surface area contributed by atoms with Gasteiger partial charge in [-0.15, -0.1) is 0 Å². The zero-order valence-electron chi connectivity index (χ0n) is 12.2. The highest BCUT2D eigenvalue weighted by atomic mass is 16.3. The molecule has 3 heteroatoms. The first-order valence-corrected chi connectivity index (χ1v) is 7.17. The van der Waals surface area contributed by atoms with Crippen LogP contribution in [0.1, 0.15) is 33.6 Å². The molecule has 2 fully saturated rings. The van der Waals surface area contributed by atoms with Crippen molar-refractivity contribution in [1.29, 1.82) is 0 Å². The topological polar surface area (TPSA) is 49.3 Å². The summed E-state index contributed by atoms with van der Waals surface area (Å²) in [5.74, 6) is 0.891. The van der Waals surface area contributed by atoms with Crippen LogP contribution < -0.4 is 5.32 Å². The number of anilines is 1. The third kappa shape index (κ3) is 1.62. The maximum atomic E-state index is 12.6. The molecule has 2 N–H and O–H groups in total. The molecule has 2 saturated carbocycles. The predicted octanol–water partition coefficient (Wildman–Crippen LogP) is 3.71. The third-order valence-corrected chi connectivity index (χ3v) is 5.63. The van der Waals surface area contributed by atoms with Crippen LogP contribution in [0.3, 0.4) is 0 Å². The second-order valence-electron chi connectivity index (χ2n) is 6.77. The number of Topliss-reactive ketones (excluding diaryl/α,β-unsaturated/α-hetero) is 1. The smallest absolute Gasteiger partial charge is 0.167 e. The number of benzene rings is 1. The zero-order chi connectivity index (χ0) is 14.5. The van der Waals surface area contributed by atoms with Gasteiger partial charge in [0, 0.05) is 22.9 Å². The van der Waals surface area contributed by atoms with E-state index in [9.17, 15) is 9.90 Å². The molecule has 2 aliphatic rings. The van der Waals surface area contributed by atoms with Crippen molar-refractivity contribution in [2.75, 3.05) is 5.32 Å². The monoisotopic (exact) mass is 271 g/mol. The van der Waals surface area contributed by atoms with Crippen LogP contribution in [-0.2, 0) is 4.79 Å². The fraction of sp³-hybridized carbons (Fsp3) is 0.471. The van der Waals surface area contributed by atoms with Gasteiger partial charge in [-0.2, -0.15) is 0 Å². The Morgan fingerprint density at radius 2 is 1.90 bits per heavy atom. The van der Waals surface area contributed by atoms with E-state index < -0.39 is 0 Å². The number of carbonyl (C=O) groups is 1. The van der Waals surface area contributed by atoms with Gasteiger partial charge in [-0.25, -0.2) is 0 Å². The molecule has 2 bridgehead atoms. The predicted molar refractivity (Wildman–Crippen MR) is 79.4 cm³/mol. The highest BCUT2D eigenvalue weighted by Gasteiger charge is 2.63. The summed E-state index contributed by atoms with van der Waals surface area (Å²) < 4.78 is 0. The number of nitrogens with one attached hydrogen (secondary N) is 1. The molecule has 0 amide bonds. The van der Waals surface area contributed by atoms with Gasteiger partial charge in [0.25, 0.3) is 0 Å². The maximum absolute atomic E-state index is 12.6. The Kier molecular flexibility index (Phi) is 2.72. The summed E-state index contributed by atoms with van der Waals surface area (Å²) >= 11 is 0. The van der Waals surface area contributed by atoms with Crippen molar-refractivity contribution in [3.05, 3.63) is 36.0 Å². The molecule has 0 aliphatic heterocycles. The van der Waals surface area contributed by atoms with Crippen molar-refractivity contribution in [3.8, 4) is 5.75 Å². The summed E-state index contributed by atoms with van der Waals surface area (Å²) in [7, 11) is 0. The number of allylic oxidation sites excluding steroid dienone is 1. The number of fused-ring (bicyclic) bond motifs is 2. The van der Waals surface area contributed by atoms with E-state index in [1.54, 1.807) is 24.3 Å². The van der Waals surface area contributed by atoms with Crippen LogP contribution in [-0.4, -0.2) is 10.9 Å². The fourth-order valence-corrected chi connectivity index (χ4v) is 3.81. The van der Waals surface area contributed by atoms with E-state index in [1.807, 2.05) is 6.20 Å². The first kappa shape index (κ1) is 13.2. The van der Waals surface area contributed by atoms with Crippen LogP contribution in [0.15, 0.2) is 36.0 Å². The zero-order valence-corrected chi connectivity index (χ0v) is 12.2. The molecular weight excluding hydrogens is 250 g/mol. The number of carbonyl (C=O) groups excluding carboxylic acids is 1. The Morgan fingerprint density at radius 3 is 2.45 bits per heavy atom. The van der Waals surface area contributed by atoms with Crippen molar-refractivity contribution in [2.24, 2.45) is 16.7 Å². The molecule has 2 atom stereocenters. The number of hydrogen-bond donors (Lipinski definition) is 2. The van der Waals surface area contributed by atoms with Gasteiger partial charge < -0.3 is 10.4 Å². The number of rotatable bonds is 2. The van der Waals surface area contributed by atoms with Gasteiger partial charge in [-0.1, -0.05) is 20.8 Å². The van der Waals surface area contributed by atoms with Gasteiger partial charge in [0.05, 0.1) is 0 Å². The Labute approximate surface area is 119 Å². The van der Waals surface area contributed by atoms with Crippen LogP contribution in [0.4, 0.5) is 5.69 Å². The largest absolute Gasteiger partial charge is 0.508 e. The minimum atomic E-state index is -0.208. The van der Waals surface area contributed by atoms with E-state index >= 15 is 0 Å². The van der Waals surface area contributed by atoms with Crippen molar-refractivity contribution < 1.29 is 9.90 Å². The molecule has 0 heterocycles. The van der Waals surface area contributed by atoms with Crippen LogP contribution in [0, 0.1) is 16.7 Å². The summed E-state index contributed by atoms with van der Waals surface area (Å²) in [5.41, 5.74) is 1.65. The summed E-state index contributed by atoms with van der Waals surface area (Å²) in [6.45, 7) is 6.53. The lowest BCUT2D eigenvalue weighted by Crippen LogP contribution is -2.32. The second kappa shape index (κ2) is 4.11. The molecule has 0 spiro atoms. The summed E-state index contributed by atoms with van der Waals surface area (Å²) in [4.78, 5) is 12.6. The maximum Gasteiger partial charge on any atom is 0.167 e. The molecule has 1 aromatic rings. The minimum absolute atomic E-state index is 0.0482. The average molecular weight is 271 g/mol. The molecule has 0 saturated heterocycles. The Morgan fingerprint density at radius 1 is 1.25 bits per heavy atom. The van der Waals surface area contributed by atoms with E-state index in [0.717, 1.165) is 24.1 Å². The third-order valence-electron chi connectivity index (χ3n) is 5.63. The van der Waals surface area contributed by atoms with E-state index in [0.29, 0.717) is 11.7 Å². The molecule has 0 unspecified atom stereocenters. The number of hydrogen-bond acceptors (Lipinski definition) is 3. The summed E-state index contributed by atoms with van der Waals surface area (Å²) in [6, 6.07) is 6.87. The Hall–Kier alpha value is -1.77. The molecule has 20 heavy (non-hydrogen) atoms. The van der Waals surface area contributed by atoms with Gasteiger partial charge in [0.2, 0.25) is 0 Å². The van der Waals surface area contributed by atoms with Crippen molar-refractivity contribution >= 4 is 11.5 Å². The van der Waals surface area contributed by atoms with E-state index in [1.165, 1.54) is 0 Å². The SMILES string of the molecule is CC1(C)[C@H]2CC[C@]1(C)C(=O)/C2=C\Nc1ccc(O)cc1. The number of phenolic OH excluding ortho intramolecular Hbond substituents is 1. The number of aromatic hydroxyl groups is 1. The van der Waals surface area contributed by atoms with Crippen LogP contribution in [0.5, 0.6) is 5.75 Å². The first-order chi connectivity index (χ1) is 9.36. The Balaban J connectivity index is 1.87. The average Bonchev–Trinajstić information content (AvgIpc) is 2.71. The lowest BCUT2D eigenvalue weighted by Gasteiger charge is -2.31. The van der Waals surface area contributed by atoms with Gasteiger partial charge in [0.1, 0.15) is 5.75 Å². The van der Waals surface area contributed by atoms with Crippen LogP contribution >= 0.6 is 0 Å². The fourth-order valence-electron chi connectivity index (χ4n) is 3.81. The molecule has 3 nitrogen and oxygen atoms in total. The number of phenols is 1. The molecular formula is C17H21NO2. The molecule has 2 aliphatic carbocycles. The standard InChI is InChI=1S/C17H21NO2/c1-16(2)14-8-9-17(16,3)15(20)13(14)10-18-11-4-6-12(19)7-5-11/h4-7,10,14,18-19H,8-9H2,1-3H3/b13-10-/t14-,17+/m0/s1. The van der Waals surface area contributed by atoms with E-state index in [2.05, 4.69) is 26.1 Å². The van der Waals surface area contributed by atoms with Gasteiger partial charge in [-0.05, 0) is 48.4 Å².